The summed E-state index contributed by atoms with van der Waals surface area (Å²) in [5.74, 6) is 1.16. The second kappa shape index (κ2) is 5.84. The predicted molar refractivity (Wildman–Crippen MR) is 88.1 cm³/mol. The minimum Gasteiger partial charge on any atom is -0.508 e. The van der Waals surface area contributed by atoms with Gasteiger partial charge in [-0.15, -0.1) is 0 Å². The zero-order chi connectivity index (χ0) is 16.5. The Morgan fingerprint density at radius 3 is 3.04 bits per heavy atom. The van der Waals surface area contributed by atoms with Gasteiger partial charge in [-0.2, -0.15) is 10.2 Å². The fourth-order valence-electron chi connectivity index (χ4n) is 2.60. The number of amides is 1. The van der Waals surface area contributed by atoms with Gasteiger partial charge in [0.25, 0.3) is 0 Å². The highest BCUT2D eigenvalue weighted by molar-refractivity contribution is 5.91. The molecule has 7 nitrogen and oxygen atoms in total. The topological polar surface area (TPSA) is 95.8 Å². The Labute approximate surface area is 138 Å². The van der Waals surface area contributed by atoms with Crippen LogP contribution in [0, 0.1) is 0 Å². The van der Waals surface area contributed by atoms with Gasteiger partial charge in [0, 0.05) is 29.9 Å². The summed E-state index contributed by atoms with van der Waals surface area (Å²) in [4.78, 5) is 12.1. The summed E-state index contributed by atoms with van der Waals surface area (Å²) in [5, 5.41) is 23.6. The normalized spacial score (nSPS) is 13.8. The van der Waals surface area contributed by atoms with Crippen LogP contribution in [0.2, 0.25) is 0 Å². The average Bonchev–Trinajstić information content (AvgIpc) is 3.13. The highest BCUT2D eigenvalue weighted by atomic mass is 16.3. The van der Waals surface area contributed by atoms with Crippen molar-refractivity contribution in [3.8, 4) is 11.4 Å². The first-order valence-corrected chi connectivity index (χ1v) is 7.85. The zero-order valence-corrected chi connectivity index (χ0v) is 12.9. The predicted octanol–water partition coefficient (Wildman–Crippen LogP) is 2.36. The number of carbonyl (C=O) groups is 1. The summed E-state index contributed by atoms with van der Waals surface area (Å²) in [6.45, 7) is 0. The van der Waals surface area contributed by atoms with Crippen molar-refractivity contribution >= 4 is 11.7 Å². The van der Waals surface area contributed by atoms with E-state index in [-0.39, 0.29) is 18.1 Å². The Kier molecular flexibility index (Phi) is 3.53. The lowest BCUT2D eigenvalue weighted by Crippen LogP contribution is -2.14. The number of phenols is 1. The molecule has 2 heterocycles. The Bertz CT molecular complexity index is 879. The first-order valence-electron chi connectivity index (χ1n) is 7.85. The molecule has 3 N–H and O–H groups in total. The molecule has 0 atom stereocenters. The molecule has 0 radical (unpaired) electrons. The first-order chi connectivity index (χ1) is 11.7. The molecular weight excluding hydrogens is 306 g/mol. The van der Waals surface area contributed by atoms with E-state index in [0.29, 0.717) is 11.7 Å². The van der Waals surface area contributed by atoms with Gasteiger partial charge >= 0.3 is 0 Å². The monoisotopic (exact) mass is 323 g/mol. The van der Waals surface area contributed by atoms with Crippen LogP contribution in [0.1, 0.15) is 30.0 Å². The van der Waals surface area contributed by atoms with Crippen LogP contribution >= 0.6 is 0 Å². The van der Waals surface area contributed by atoms with Crippen LogP contribution in [-0.4, -0.2) is 31.0 Å². The molecule has 1 aliphatic rings. The van der Waals surface area contributed by atoms with Crippen molar-refractivity contribution < 1.29 is 9.90 Å². The third kappa shape index (κ3) is 3.15. The number of aromatic hydroxyl groups is 1. The van der Waals surface area contributed by atoms with E-state index in [4.69, 9.17) is 0 Å². The van der Waals surface area contributed by atoms with E-state index in [0.717, 1.165) is 16.9 Å². The van der Waals surface area contributed by atoms with Crippen molar-refractivity contribution in [1.82, 2.24) is 20.0 Å². The van der Waals surface area contributed by atoms with Crippen LogP contribution in [-0.2, 0) is 11.2 Å². The molecule has 1 aromatic carbocycles. The number of nitrogens with zero attached hydrogens (tertiary/aromatic N) is 3. The molecule has 0 spiro atoms. The van der Waals surface area contributed by atoms with Gasteiger partial charge in [0.1, 0.15) is 5.75 Å². The van der Waals surface area contributed by atoms with Crippen LogP contribution in [0.4, 0.5) is 5.82 Å². The maximum Gasteiger partial charge on any atom is 0.230 e. The maximum atomic E-state index is 12.1. The van der Waals surface area contributed by atoms with Crippen molar-refractivity contribution in [2.24, 2.45) is 0 Å². The minimum atomic E-state index is -0.140. The van der Waals surface area contributed by atoms with Crippen molar-refractivity contribution in [2.45, 2.75) is 25.2 Å². The van der Waals surface area contributed by atoms with Gasteiger partial charge in [-0.1, -0.05) is 6.07 Å². The van der Waals surface area contributed by atoms with E-state index >= 15 is 0 Å². The smallest absolute Gasteiger partial charge is 0.230 e. The summed E-state index contributed by atoms with van der Waals surface area (Å²) in [6, 6.07) is 8.68. The molecule has 4 rings (SSSR count). The second-order valence-electron chi connectivity index (χ2n) is 6.02. The van der Waals surface area contributed by atoms with Crippen molar-refractivity contribution in [1.29, 1.82) is 0 Å². The molecule has 0 unspecified atom stereocenters. The largest absolute Gasteiger partial charge is 0.508 e. The third-order valence-electron chi connectivity index (χ3n) is 3.98. The molecule has 1 amide bonds. The molecule has 122 valence electrons. The van der Waals surface area contributed by atoms with Crippen LogP contribution in [0.5, 0.6) is 5.75 Å². The number of carbonyl (C=O) groups excluding carboxylic acids is 1. The number of rotatable bonds is 5. The van der Waals surface area contributed by atoms with Gasteiger partial charge < -0.3 is 10.4 Å². The molecular formula is C17H17N5O2. The van der Waals surface area contributed by atoms with Gasteiger partial charge in [-0.05, 0) is 30.5 Å². The van der Waals surface area contributed by atoms with Crippen LogP contribution < -0.4 is 5.32 Å². The van der Waals surface area contributed by atoms with Gasteiger partial charge in [-0.25, -0.2) is 4.68 Å². The maximum absolute atomic E-state index is 12.1. The van der Waals surface area contributed by atoms with Crippen molar-refractivity contribution in [2.75, 3.05) is 5.32 Å². The molecule has 0 saturated heterocycles. The zero-order valence-electron chi connectivity index (χ0n) is 12.9. The lowest BCUT2D eigenvalue weighted by Gasteiger charge is -2.01. The highest BCUT2D eigenvalue weighted by Crippen LogP contribution is 2.39. The average molecular weight is 323 g/mol. The van der Waals surface area contributed by atoms with E-state index in [1.807, 2.05) is 12.1 Å². The number of nitrogens with one attached hydrogen (secondary N) is 2. The van der Waals surface area contributed by atoms with E-state index in [9.17, 15) is 9.90 Å². The lowest BCUT2D eigenvalue weighted by atomic mass is 10.2. The van der Waals surface area contributed by atoms with E-state index < -0.39 is 0 Å². The van der Waals surface area contributed by atoms with Crippen LogP contribution in [0.25, 0.3) is 5.69 Å². The van der Waals surface area contributed by atoms with Crippen molar-refractivity contribution in [3.63, 3.8) is 0 Å². The number of H-pyrrole nitrogens is 1. The van der Waals surface area contributed by atoms with Crippen LogP contribution in [0.3, 0.4) is 0 Å². The summed E-state index contributed by atoms with van der Waals surface area (Å²) >= 11 is 0. The molecule has 1 saturated carbocycles. The Hall–Kier alpha value is -3.09. The second-order valence-corrected chi connectivity index (χ2v) is 6.02. The molecule has 1 aliphatic carbocycles. The van der Waals surface area contributed by atoms with Crippen molar-refractivity contribution in [3.05, 3.63) is 54.0 Å². The first kappa shape index (κ1) is 14.5. The number of aromatic amines is 1. The fourth-order valence-corrected chi connectivity index (χ4v) is 2.60. The Balaban J connectivity index is 1.40. The quantitative estimate of drug-likeness (QED) is 0.671. The van der Waals surface area contributed by atoms with E-state index in [1.54, 1.807) is 35.3 Å². The third-order valence-corrected chi connectivity index (χ3v) is 3.98. The molecule has 1 fully saturated rings. The molecule has 2 aromatic heterocycles. The molecule has 7 heteroatoms. The number of hydrogen-bond donors (Lipinski definition) is 3. The number of phenolic OH excluding ortho intramolecular Hbond substituents is 1. The standard InChI is InChI=1S/C17H17N5O2/c23-14-3-1-2-13(7-14)22-10-11(9-18-22)6-17(24)19-16-8-15(20-21-16)12-4-5-12/h1-3,7-10,12,23H,4-6H2,(H2,19,20,21,24). The van der Waals surface area contributed by atoms with E-state index in [2.05, 4.69) is 20.6 Å². The minimum absolute atomic E-state index is 0.140. The SMILES string of the molecule is O=C(Cc1cnn(-c2cccc(O)c2)c1)Nc1cc(C2CC2)[nH]n1. The summed E-state index contributed by atoms with van der Waals surface area (Å²) in [6.07, 6.45) is 6.00. The fraction of sp³-hybridized carbons (Fsp3) is 0.235. The molecule has 0 bridgehead atoms. The Morgan fingerprint density at radius 1 is 1.38 bits per heavy atom. The highest BCUT2D eigenvalue weighted by Gasteiger charge is 2.25. The number of anilines is 1. The number of aromatic nitrogens is 4. The lowest BCUT2D eigenvalue weighted by molar-refractivity contribution is -0.115. The van der Waals surface area contributed by atoms with Crippen LogP contribution in [0.15, 0.2) is 42.7 Å². The molecule has 3 aromatic rings. The summed E-state index contributed by atoms with van der Waals surface area (Å²) in [7, 11) is 0. The molecule has 24 heavy (non-hydrogen) atoms. The van der Waals surface area contributed by atoms with Gasteiger partial charge in [0.2, 0.25) is 5.91 Å². The number of hydrogen-bond acceptors (Lipinski definition) is 4. The van der Waals surface area contributed by atoms with Gasteiger partial charge in [0.05, 0.1) is 18.3 Å². The van der Waals surface area contributed by atoms with E-state index in [1.165, 1.54) is 12.8 Å². The number of benzene rings is 1. The Morgan fingerprint density at radius 2 is 2.25 bits per heavy atom. The summed E-state index contributed by atoms with van der Waals surface area (Å²) < 4.78 is 1.63. The van der Waals surface area contributed by atoms with Gasteiger partial charge in [-0.3, -0.25) is 9.89 Å². The van der Waals surface area contributed by atoms with Gasteiger partial charge in [0.15, 0.2) is 5.82 Å². The molecule has 0 aliphatic heterocycles. The summed E-state index contributed by atoms with van der Waals surface area (Å²) in [5.41, 5.74) is 2.61.